The molecular formula is C36H33N3O5. The third kappa shape index (κ3) is 4.05. The van der Waals surface area contributed by atoms with Gasteiger partial charge < -0.3 is 14.8 Å². The molecule has 4 aromatic carbocycles. The smallest absolute Gasteiger partial charge is 0.325 e. The van der Waals surface area contributed by atoms with Gasteiger partial charge in [-0.25, -0.2) is 4.90 Å². The van der Waals surface area contributed by atoms with Gasteiger partial charge in [0.1, 0.15) is 11.3 Å². The van der Waals surface area contributed by atoms with Gasteiger partial charge in [0.25, 0.3) is 0 Å². The lowest BCUT2D eigenvalue weighted by molar-refractivity contribution is -0.148. The Labute approximate surface area is 254 Å². The number of amides is 2. The second-order valence-corrected chi connectivity index (χ2v) is 11.8. The summed E-state index contributed by atoms with van der Waals surface area (Å²) in [7, 11) is 0. The third-order valence-electron chi connectivity index (χ3n) is 9.53. The van der Waals surface area contributed by atoms with Crippen molar-refractivity contribution in [2.45, 2.75) is 44.8 Å². The highest BCUT2D eigenvalue weighted by Crippen LogP contribution is 2.51. The molecule has 1 aromatic heterocycles. The molecule has 8 heteroatoms. The molecule has 0 saturated carbocycles. The van der Waals surface area contributed by atoms with E-state index in [4.69, 9.17) is 0 Å². The van der Waals surface area contributed by atoms with Crippen LogP contribution >= 0.6 is 0 Å². The molecule has 2 saturated heterocycles. The van der Waals surface area contributed by atoms with Crippen LogP contribution in [0, 0.1) is 11.8 Å². The molecule has 2 amide bonds. The number of carbonyl (C=O) groups is 3. The van der Waals surface area contributed by atoms with Crippen LogP contribution in [0.1, 0.15) is 36.6 Å². The van der Waals surface area contributed by atoms with E-state index in [-0.39, 0.29) is 12.2 Å². The van der Waals surface area contributed by atoms with Gasteiger partial charge in [-0.1, -0.05) is 55.5 Å². The Kier molecular flexibility index (Phi) is 6.55. The summed E-state index contributed by atoms with van der Waals surface area (Å²) in [6.07, 6.45) is 0.768. The van der Waals surface area contributed by atoms with Crippen LogP contribution in [0.15, 0.2) is 91.0 Å². The van der Waals surface area contributed by atoms with Gasteiger partial charge in [0, 0.05) is 40.8 Å². The van der Waals surface area contributed by atoms with Crippen LogP contribution in [-0.4, -0.2) is 38.1 Å². The van der Waals surface area contributed by atoms with Gasteiger partial charge in [0.05, 0.1) is 17.5 Å². The molecule has 0 radical (unpaired) electrons. The van der Waals surface area contributed by atoms with Crippen LogP contribution in [-0.2, 0) is 33.8 Å². The Bertz CT molecular complexity index is 1950. The van der Waals surface area contributed by atoms with E-state index in [1.165, 1.54) is 17.0 Å². The molecule has 7 rings (SSSR count). The largest absolute Gasteiger partial charge is 0.508 e. The fourth-order valence-electron chi connectivity index (χ4n) is 7.40. The number of carboxylic acids is 1. The van der Waals surface area contributed by atoms with Gasteiger partial charge in [-0.2, -0.15) is 0 Å². The standard InChI is InChI=1S/C36H33N3O5/c1-3-21-9-14-24(15-10-21)39-33(41)30-31(34(39)42)36(35(43)44,20-22-11-16-25(40)17-12-22)37-32(30)23-13-18-29-27(19-23)26-7-5-6-8-28(26)38(29)4-2/h5-19,30-32,37,40H,3-4,20H2,1-2H3,(H,43,44). The van der Waals surface area contributed by atoms with Crippen molar-refractivity contribution >= 4 is 45.3 Å². The summed E-state index contributed by atoms with van der Waals surface area (Å²) in [6, 6.07) is 27.0. The lowest BCUT2D eigenvalue weighted by atomic mass is 9.76. The van der Waals surface area contributed by atoms with Crippen LogP contribution < -0.4 is 10.2 Å². The number of fused-ring (bicyclic) bond motifs is 4. The van der Waals surface area contributed by atoms with Gasteiger partial charge in [-0.3, -0.25) is 19.7 Å². The Balaban J connectivity index is 1.40. The molecule has 3 N–H and O–H groups in total. The summed E-state index contributed by atoms with van der Waals surface area (Å²) >= 11 is 0. The number of imide groups is 1. The van der Waals surface area contributed by atoms with Crippen molar-refractivity contribution in [3.8, 4) is 5.75 Å². The Morgan fingerprint density at radius 2 is 1.52 bits per heavy atom. The fraction of sp³-hybridized carbons (Fsp3) is 0.250. The second kappa shape index (κ2) is 10.3. The van der Waals surface area contributed by atoms with E-state index in [2.05, 4.69) is 28.9 Å². The number of para-hydroxylation sites is 1. The monoisotopic (exact) mass is 587 g/mol. The molecule has 5 aromatic rings. The molecule has 0 spiro atoms. The van der Waals surface area contributed by atoms with Crippen molar-refractivity contribution in [2.24, 2.45) is 11.8 Å². The van der Waals surface area contributed by atoms with Crippen molar-refractivity contribution in [1.82, 2.24) is 9.88 Å². The number of hydrogen-bond donors (Lipinski definition) is 3. The first-order valence-corrected chi connectivity index (χ1v) is 15.0. The normalized spacial score (nSPS) is 23.1. The third-order valence-corrected chi connectivity index (χ3v) is 9.53. The predicted molar refractivity (Wildman–Crippen MR) is 168 cm³/mol. The Morgan fingerprint density at radius 1 is 0.841 bits per heavy atom. The number of rotatable bonds is 7. The van der Waals surface area contributed by atoms with Crippen LogP contribution in [0.5, 0.6) is 5.75 Å². The first kappa shape index (κ1) is 27.9. The van der Waals surface area contributed by atoms with Crippen molar-refractivity contribution < 1.29 is 24.6 Å². The van der Waals surface area contributed by atoms with E-state index in [0.29, 0.717) is 11.3 Å². The summed E-state index contributed by atoms with van der Waals surface area (Å²) < 4.78 is 2.23. The number of aromatic nitrogens is 1. The van der Waals surface area contributed by atoms with Crippen molar-refractivity contribution in [3.63, 3.8) is 0 Å². The van der Waals surface area contributed by atoms with Crippen LogP contribution in [0.2, 0.25) is 0 Å². The zero-order chi connectivity index (χ0) is 30.7. The summed E-state index contributed by atoms with van der Waals surface area (Å²) in [5, 5.41) is 26.1. The number of nitrogens with one attached hydrogen (secondary N) is 1. The summed E-state index contributed by atoms with van der Waals surface area (Å²) in [5.41, 5.74) is 3.28. The number of aryl methyl sites for hydroxylation is 2. The molecule has 2 aliphatic heterocycles. The molecule has 0 aliphatic carbocycles. The molecule has 44 heavy (non-hydrogen) atoms. The minimum atomic E-state index is -1.76. The first-order valence-electron chi connectivity index (χ1n) is 15.0. The molecule has 8 nitrogen and oxygen atoms in total. The number of phenols is 1. The number of benzene rings is 4. The SMILES string of the molecule is CCc1ccc(N2C(=O)C3C(c4ccc5c(c4)c4ccccc4n5CC)NC(Cc4ccc(O)cc4)(C(=O)O)C3C2=O)cc1. The Morgan fingerprint density at radius 3 is 2.20 bits per heavy atom. The highest BCUT2D eigenvalue weighted by atomic mass is 16.4. The van der Waals surface area contributed by atoms with Crippen LogP contribution in [0.3, 0.4) is 0 Å². The quantitative estimate of drug-likeness (QED) is 0.214. The molecule has 3 heterocycles. The van der Waals surface area contributed by atoms with E-state index in [1.807, 2.05) is 49.4 Å². The number of carbonyl (C=O) groups excluding carboxylic acids is 2. The van der Waals surface area contributed by atoms with E-state index < -0.39 is 41.2 Å². The van der Waals surface area contributed by atoms with Crippen LogP contribution in [0.25, 0.3) is 21.8 Å². The number of anilines is 1. The average Bonchev–Trinajstić information content (AvgIpc) is 3.64. The summed E-state index contributed by atoms with van der Waals surface area (Å²) in [6.45, 7) is 4.91. The highest BCUT2D eigenvalue weighted by molar-refractivity contribution is 6.24. The van der Waals surface area contributed by atoms with Crippen molar-refractivity contribution in [1.29, 1.82) is 0 Å². The Hall–Kier alpha value is -4.95. The van der Waals surface area contributed by atoms with Gasteiger partial charge in [-0.05, 0) is 72.5 Å². The molecule has 222 valence electrons. The number of carboxylic acid groups (broad SMARTS) is 1. The molecule has 0 bridgehead atoms. The van der Waals surface area contributed by atoms with Gasteiger partial charge in [0.15, 0.2) is 0 Å². The van der Waals surface area contributed by atoms with E-state index in [9.17, 15) is 24.6 Å². The zero-order valence-corrected chi connectivity index (χ0v) is 24.5. The van der Waals surface area contributed by atoms with Crippen molar-refractivity contribution in [3.05, 3.63) is 108 Å². The minimum absolute atomic E-state index is 0.0424. The van der Waals surface area contributed by atoms with E-state index >= 15 is 0 Å². The summed E-state index contributed by atoms with van der Waals surface area (Å²) in [4.78, 5) is 43.1. The molecule has 2 aliphatic rings. The van der Waals surface area contributed by atoms with Gasteiger partial charge >= 0.3 is 5.97 Å². The highest BCUT2D eigenvalue weighted by Gasteiger charge is 2.68. The molecule has 4 unspecified atom stereocenters. The maximum atomic E-state index is 14.3. The predicted octanol–water partition coefficient (Wildman–Crippen LogP) is 5.60. The van der Waals surface area contributed by atoms with Crippen molar-refractivity contribution in [2.75, 3.05) is 4.90 Å². The van der Waals surface area contributed by atoms with Gasteiger partial charge in [-0.15, -0.1) is 0 Å². The van der Waals surface area contributed by atoms with E-state index in [0.717, 1.165) is 45.9 Å². The topological polar surface area (TPSA) is 112 Å². The number of hydrogen-bond acceptors (Lipinski definition) is 5. The zero-order valence-electron chi connectivity index (χ0n) is 24.5. The van der Waals surface area contributed by atoms with E-state index in [1.54, 1.807) is 24.3 Å². The van der Waals surface area contributed by atoms with Crippen LogP contribution in [0.4, 0.5) is 5.69 Å². The fourth-order valence-corrected chi connectivity index (χ4v) is 7.40. The second-order valence-electron chi connectivity index (χ2n) is 11.8. The lowest BCUT2D eigenvalue weighted by Crippen LogP contribution is -2.57. The number of nitrogens with zero attached hydrogens (tertiary/aromatic N) is 2. The number of phenolic OH excluding ortho intramolecular Hbond substituents is 1. The minimum Gasteiger partial charge on any atom is -0.508 e. The molecule has 2 fully saturated rings. The molecule has 4 atom stereocenters. The lowest BCUT2D eigenvalue weighted by Gasteiger charge is -2.31. The first-order chi connectivity index (χ1) is 21.3. The maximum Gasteiger partial charge on any atom is 0.325 e. The maximum absolute atomic E-state index is 14.3. The number of aliphatic carboxylic acids is 1. The van der Waals surface area contributed by atoms with Gasteiger partial charge in [0.2, 0.25) is 11.8 Å². The number of aromatic hydroxyl groups is 1. The molecular weight excluding hydrogens is 554 g/mol. The average molecular weight is 588 g/mol. The summed E-state index contributed by atoms with van der Waals surface area (Å²) in [5.74, 6) is -4.16.